The van der Waals surface area contributed by atoms with E-state index in [9.17, 15) is 31.9 Å². The summed E-state index contributed by atoms with van der Waals surface area (Å²) in [5.41, 5.74) is -2.56. The molecule has 0 unspecified atom stereocenters. The third-order valence-corrected chi connectivity index (χ3v) is 7.12. The summed E-state index contributed by atoms with van der Waals surface area (Å²) in [6.07, 6.45) is -5.05. The maximum Gasteiger partial charge on any atom is 0.419 e. The first-order chi connectivity index (χ1) is 15.9. The van der Waals surface area contributed by atoms with Crippen LogP contribution in [-0.4, -0.2) is 20.0 Å². The molecule has 0 saturated carbocycles. The summed E-state index contributed by atoms with van der Waals surface area (Å²) < 4.78 is 56.5. The van der Waals surface area contributed by atoms with Crippen molar-refractivity contribution >= 4 is 43.9 Å². The molecule has 0 fully saturated rings. The molecule has 0 saturated heterocycles. The fourth-order valence-corrected chi connectivity index (χ4v) is 5.32. The fourth-order valence-electron chi connectivity index (χ4n) is 3.56. The van der Waals surface area contributed by atoms with Gasteiger partial charge in [-0.05, 0) is 29.5 Å². The number of benzene rings is 1. The molecule has 178 valence electrons. The highest BCUT2D eigenvalue weighted by Crippen LogP contribution is 2.38. The minimum absolute atomic E-state index is 0.0480. The molecule has 0 bridgehead atoms. The number of carbonyl (C=O) groups is 1. The normalized spacial score (nSPS) is 11.9. The summed E-state index contributed by atoms with van der Waals surface area (Å²) in [5, 5.41) is 5.79. The molecule has 0 spiro atoms. The Labute approximate surface area is 196 Å². The first-order valence-electron chi connectivity index (χ1n) is 9.68. The SMILES string of the molecule is Cc1ccc(-c2csc(NC(=O)Cc3csc4c3c(=O)n(C)c(=O)n4C)n2)c(F)c1C(F)(F)F. The van der Waals surface area contributed by atoms with E-state index in [0.717, 1.165) is 33.3 Å². The fraction of sp³-hybridized carbons (Fsp3) is 0.238. The number of thiazole rings is 1. The van der Waals surface area contributed by atoms with E-state index in [4.69, 9.17) is 0 Å². The third-order valence-electron chi connectivity index (χ3n) is 5.26. The van der Waals surface area contributed by atoms with Crippen LogP contribution in [0.2, 0.25) is 0 Å². The molecule has 0 aliphatic heterocycles. The summed E-state index contributed by atoms with van der Waals surface area (Å²) >= 11 is 2.08. The second-order valence-electron chi connectivity index (χ2n) is 7.53. The van der Waals surface area contributed by atoms with Gasteiger partial charge in [0.05, 0.1) is 23.1 Å². The van der Waals surface area contributed by atoms with Gasteiger partial charge >= 0.3 is 11.9 Å². The average Bonchev–Trinajstić information content (AvgIpc) is 3.37. The van der Waals surface area contributed by atoms with E-state index in [1.807, 2.05) is 0 Å². The van der Waals surface area contributed by atoms with Crippen LogP contribution in [0.1, 0.15) is 16.7 Å². The summed E-state index contributed by atoms with van der Waals surface area (Å²) in [6, 6.07) is 2.37. The van der Waals surface area contributed by atoms with Gasteiger partial charge in [0.25, 0.3) is 5.56 Å². The third kappa shape index (κ3) is 4.05. The molecule has 0 aliphatic carbocycles. The molecule has 34 heavy (non-hydrogen) atoms. The van der Waals surface area contributed by atoms with Gasteiger partial charge in [0.15, 0.2) is 5.13 Å². The standard InChI is InChI=1S/C21H16F4N4O3S2/c1-9-4-5-11(16(22)15(9)21(23,24)25)12-8-34-19(26-12)27-13(30)6-10-7-33-18-14(10)17(31)28(2)20(32)29(18)3/h4-5,7-8H,6H2,1-3H3,(H,26,27,30). The second-order valence-corrected chi connectivity index (χ2v) is 9.24. The molecule has 4 aromatic rings. The highest BCUT2D eigenvalue weighted by atomic mass is 32.1. The lowest BCUT2D eigenvalue weighted by molar-refractivity contribution is -0.140. The zero-order chi connectivity index (χ0) is 24.9. The van der Waals surface area contributed by atoms with Crippen LogP contribution >= 0.6 is 22.7 Å². The Bertz CT molecular complexity index is 1560. The molecule has 0 atom stereocenters. The van der Waals surface area contributed by atoms with E-state index in [1.165, 1.54) is 37.0 Å². The van der Waals surface area contributed by atoms with E-state index >= 15 is 0 Å². The number of anilines is 1. The van der Waals surface area contributed by atoms with E-state index in [0.29, 0.717) is 10.4 Å². The van der Waals surface area contributed by atoms with Crippen LogP contribution < -0.4 is 16.6 Å². The van der Waals surface area contributed by atoms with Crippen molar-refractivity contribution in [1.29, 1.82) is 0 Å². The van der Waals surface area contributed by atoms with Gasteiger partial charge < -0.3 is 5.32 Å². The van der Waals surface area contributed by atoms with Crippen LogP contribution in [0.15, 0.2) is 32.5 Å². The van der Waals surface area contributed by atoms with Crippen molar-refractivity contribution in [3.8, 4) is 11.3 Å². The topological polar surface area (TPSA) is 86.0 Å². The number of thiophene rings is 1. The number of alkyl halides is 3. The number of aromatic nitrogens is 3. The molecule has 13 heteroatoms. The van der Waals surface area contributed by atoms with Crippen molar-refractivity contribution in [2.75, 3.05) is 5.32 Å². The van der Waals surface area contributed by atoms with Crippen molar-refractivity contribution in [1.82, 2.24) is 14.1 Å². The van der Waals surface area contributed by atoms with Crippen LogP contribution in [0.25, 0.3) is 21.5 Å². The van der Waals surface area contributed by atoms with Crippen molar-refractivity contribution in [2.24, 2.45) is 14.1 Å². The van der Waals surface area contributed by atoms with Crippen molar-refractivity contribution in [3.05, 3.63) is 66.2 Å². The van der Waals surface area contributed by atoms with E-state index in [2.05, 4.69) is 10.3 Å². The number of nitrogens with zero attached hydrogens (tertiary/aromatic N) is 3. The predicted molar refractivity (Wildman–Crippen MR) is 122 cm³/mol. The van der Waals surface area contributed by atoms with Crippen LogP contribution in [0, 0.1) is 12.7 Å². The number of halogens is 4. The number of nitrogens with one attached hydrogen (secondary N) is 1. The molecule has 1 aromatic carbocycles. The van der Waals surface area contributed by atoms with Gasteiger partial charge in [0.1, 0.15) is 10.6 Å². The lowest BCUT2D eigenvalue weighted by Gasteiger charge is -2.13. The van der Waals surface area contributed by atoms with Crippen LogP contribution in [0.4, 0.5) is 22.7 Å². The highest BCUT2D eigenvalue weighted by molar-refractivity contribution is 7.17. The van der Waals surface area contributed by atoms with E-state index in [-0.39, 0.29) is 33.8 Å². The molecule has 3 heterocycles. The lowest BCUT2D eigenvalue weighted by Crippen LogP contribution is -2.36. The van der Waals surface area contributed by atoms with Gasteiger partial charge in [-0.3, -0.25) is 18.7 Å². The zero-order valence-electron chi connectivity index (χ0n) is 17.9. The van der Waals surface area contributed by atoms with E-state index < -0.39 is 34.7 Å². The Kier molecular flexibility index (Phi) is 5.94. The van der Waals surface area contributed by atoms with Crippen molar-refractivity contribution < 1.29 is 22.4 Å². The summed E-state index contributed by atoms with van der Waals surface area (Å²) in [7, 11) is 2.87. The van der Waals surface area contributed by atoms with Gasteiger partial charge in [0.2, 0.25) is 5.91 Å². The maximum atomic E-state index is 14.6. The maximum absolute atomic E-state index is 14.6. The van der Waals surface area contributed by atoms with E-state index in [1.54, 1.807) is 5.38 Å². The Balaban J connectivity index is 1.59. The molecule has 4 rings (SSSR count). The molecule has 3 aromatic heterocycles. The summed E-state index contributed by atoms with van der Waals surface area (Å²) in [4.78, 5) is 41.7. The Hall–Kier alpha value is -3.32. The average molecular weight is 513 g/mol. The molecule has 7 nitrogen and oxygen atoms in total. The van der Waals surface area contributed by atoms with Crippen LogP contribution in [0.3, 0.4) is 0 Å². The summed E-state index contributed by atoms with van der Waals surface area (Å²) in [5.74, 6) is -1.96. The van der Waals surface area contributed by atoms with Gasteiger partial charge in [-0.25, -0.2) is 14.2 Å². The molecular formula is C21H16F4N4O3S2. The number of aryl methyl sites for hydroxylation is 2. The monoisotopic (exact) mass is 512 g/mol. The van der Waals surface area contributed by atoms with Crippen LogP contribution in [0.5, 0.6) is 0 Å². The molecule has 1 amide bonds. The van der Waals surface area contributed by atoms with Gasteiger partial charge in [-0.1, -0.05) is 6.07 Å². The van der Waals surface area contributed by atoms with Crippen molar-refractivity contribution in [3.63, 3.8) is 0 Å². The number of hydrogen-bond donors (Lipinski definition) is 1. The number of carbonyl (C=O) groups excluding carboxylic acids is 1. The summed E-state index contributed by atoms with van der Waals surface area (Å²) in [6.45, 7) is 1.17. The Morgan fingerprint density at radius 1 is 1.12 bits per heavy atom. The largest absolute Gasteiger partial charge is 0.419 e. The highest BCUT2D eigenvalue weighted by Gasteiger charge is 2.37. The number of rotatable bonds is 4. The molecular weight excluding hydrogens is 496 g/mol. The quantitative estimate of drug-likeness (QED) is 0.418. The zero-order valence-corrected chi connectivity index (χ0v) is 19.5. The first-order valence-corrected chi connectivity index (χ1v) is 11.4. The number of hydrogen-bond acceptors (Lipinski definition) is 6. The first kappa shape index (κ1) is 23.8. The number of amides is 1. The van der Waals surface area contributed by atoms with Gasteiger partial charge in [-0.15, -0.1) is 22.7 Å². The minimum atomic E-state index is -4.86. The molecule has 0 aliphatic rings. The predicted octanol–water partition coefficient (Wildman–Crippen LogP) is 4.07. The van der Waals surface area contributed by atoms with Crippen molar-refractivity contribution in [2.45, 2.75) is 19.5 Å². The molecule has 1 N–H and O–H groups in total. The Morgan fingerprint density at radius 2 is 1.82 bits per heavy atom. The van der Waals surface area contributed by atoms with Gasteiger partial charge in [-0.2, -0.15) is 13.2 Å². The smallest absolute Gasteiger partial charge is 0.302 e. The van der Waals surface area contributed by atoms with Gasteiger partial charge in [0, 0.05) is 25.0 Å². The molecule has 0 radical (unpaired) electrons. The minimum Gasteiger partial charge on any atom is -0.302 e. The second kappa shape index (κ2) is 8.47. The number of fused-ring (bicyclic) bond motifs is 1. The Morgan fingerprint density at radius 3 is 2.50 bits per heavy atom. The van der Waals surface area contributed by atoms with Crippen LogP contribution in [-0.2, 0) is 31.5 Å². The lowest BCUT2D eigenvalue weighted by atomic mass is 10.0.